The van der Waals surface area contributed by atoms with Gasteiger partial charge in [0.1, 0.15) is 5.54 Å². The molecule has 0 spiro atoms. The summed E-state index contributed by atoms with van der Waals surface area (Å²) >= 11 is 0. The minimum atomic E-state index is -3.05. The van der Waals surface area contributed by atoms with E-state index in [1.807, 2.05) is 6.92 Å². The van der Waals surface area contributed by atoms with Crippen molar-refractivity contribution in [3.8, 4) is 6.07 Å². The average molecular weight is 314 g/mol. The van der Waals surface area contributed by atoms with Gasteiger partial charge in [0.05, 0.1) is 12.3 Å². The summed E-state index contributed by atoms with van der Waals surface area (Å²) in [4.78, 5) is 2.29. The van der Waals surface area contributed by atoms with Gasteiger partial charge in [0, 0.05) is 32.2 Å². The summed E-state index contributed by atoms with van der Waals surface area (Å²) in [6.45, 7) is 5.64. The van der Waals surface area contributed by atoms with E-state index in [0.29, 0.717) is 19.1 Å². The molecule has 1 saturated carbocycles. The van der Waals surface area contributed by atoms with E-state index in [9.17, 15) is 13.7 Å². The van der Waals surface area contributed by atoms with Gasteiger partial charge in [-0.3, -0.25) is 5.32 Å². The van der Waals surface area contributed by atoms with Crippen molar-refractivity contribution in [1.82, 2.24) is 14.5 Å². The molecule has 0 amide bonds. The SMILES string of the molecule is CC(C#N)(CCCN1CCN(S(C)(=O)=O)CC1)NC1CC1. The summed E-state index contributed by atoms with van der Waals surface area (Å²) in [5.41, 5.74) is -0.421. The fourth-order valence-electron chi connectivity index (χ4n) is 2.78. The van der Waals surface area contributed by atoms with Crippen molar-refractivity contribution in [3.63, 3.8) is 0 Å². The first kappa shape index (κ1) is 16.7. The van der Waals surface area contributed by atoms with E-state index in [0.717, 1.165) is 32.5 Å². The van der Waals surface area contributed by atoms with E-state index in [1.54, 1.807) is 0 Å². The van der Waals surface area contributed by atoms with Crippen LogP contribution in [0.4, 0.5) is 0 Å². The van der Waals surface area contributed by atoms with E-state index in [-0.39, 0.29) is 0 Å². The monoisotopic (exact) mass is 314 g/mol. The van der Waals surface area contributed by atoms with Gasteiger partial charge in [0.25, 0.3) is 0 Å². The third-order valence-electron chi connectivity index (χ3n) is 4.30. The van der Waals surface area contributed by atoms with Gasteiger partial charge in [0.15, 0.2) is 0 Å². The summed E-state index contributed by atoms with van der Waals surface area (Å²) < 4.78 is 24.4. The Morgan fingerprint density at radius 2 is 1.90 bits per heavy atom. The van der Waals surface area contributed by atoms with Crippen LogP contribution in [-0.2, 0) is 10.0 Å². The molecule has 0 radical (unpaired) electrons. The zero-order valence-electron chi connectivity index (χ0n) is 13.0. The number of hydrogen-bond donors (Lipinski definition) is 1. The minimum Gasteiger partial charge on any atom is -0.301 e. The van der Waals surface area contributed by atoms with Crippen LogP contribution in [0.1, 0.15) is 32.6 Å². The number of nitrogens with one attached hydrogen (secondary N) is 1. The van der Waals surface area contributed by atoms with Gasteiger partial charge in [0.2, 0.25) is 10.0 Å². The molecule has 2 rings (SSSR count). The smallest absolute Gasteiger partial charge is 0.211 e. The zero-order chi connectivity index (χ0) is 15.5. The largest absolute Gasteiger partial charge is 0.301 e. The molecule has 1 saturated heterocycles. The molecular weight excluding hydrogens is 288 g/mol. The standard InChI is InChI=1S/C14H26N4O2S/c1-14(12-15,16-13-4-5-13)6-3-7-17-8-10-18(11-9-17)21(2,19)20/h13,16H,3-11H2,1-2H3. The second kappa shape index (κ2) is 6.61. The molecule has 6 nitrogen and oxygen atoms in total. The fourth-order valence-corrected chi connectivity index (χ4v) is 3.61. The highest BCUT2D eigenvalue weighted by Gasteiger charge is 2.32. The molecule has 0 aromatic carbocycles. The summed E-state index contributed by atoms with van der Waals surface area (Å²) in [7, 11) is -3.05. The molecule has 120 valence electrons. The molecule has 1 heterocycles. The first-order valence-electron chi connectivity index (χ1n) is 7.69. The lowest BCUT2D eigenvalue weighted by molar-refractivity contribution is 0.182. The van der Waals surface area contributed by atoms with Crippen LogP contribution in [0, 0.1) is 11.3 Å². The second-order valence-electron chi connectivity index (χ2n) is 6.47. The Kier molecular flexibility index (Phi) is 5.25. The molecule has 0 aromatic heterocycles. The highest BCUT2D eigenvalue weighted by molar-refractivity contribution is 7.88. The van der Waals surface area contributed by atoms with Crippen LogP contribution >= 0.6 is 0 Å². The summed E-state index contributed by atoms with van der Waals surface area (Å²) in [6.07, 6.45) is 5.44. The van der Waals surface area contributed by atoms with Gasteiger partial charge < -0.3 is 4.90 Å². The first-order valence-corrected chi connectivity index (χ1v) is 9.54. The quantitative estimate of drug-likeness (QED) is 0.735. The Labute approximate surface area is 128 Å². The maximum atomic E-state index is 11.4. The molecule has 1 atom stereocenters. The van der Waals surface area contributed by atoms with E-state index >= 15 is 0 Å². The number of hydrogen-bond acceptors (Lipinski definition) is 5. The molecule has 21 heavy (non-hydrogen) atoms. The van der Waals surface area contributed by atoms with Crippen molar-refractivity contribution >= 4 is 10.0 Å². The third-order valence-corrected chi connectivity index (χ3v) is 5.60. The second-order valence-corrected chi connectivity index (χ2v) is 8.45. The van der Waals surface area contributed by atoms with Crippen LogP contribution < -0.4 is 5.32 Å². The van der Waals surface area contributed by atoms with Crippen molar-refractivity contribution in [2.24, 2.45) is 0 Å². The molecule has 0 aromatic rings. The molecule has 1 N–H and O–H groups in total. The van der Waals surface area contributed by atoms with Crippen LogP contribution in [0.25, 0.3) is 0 Å². The third kappa shape index (κ3) is 5.22. The van der Waals surface area contributed by atoms with Gasteiger partial charge in [-0.2, -0.15) is 9.57 Å². The fraction of sp³-hybridized carbons (Fsp3) is 0.929. The van der Waals surface area contributed by atoms with Gasteiger partial charge in [-0.1, -0.05) is 0 Å². The predicted molar refractivity (Wildman–Crippen MR) is 82.3 cm³/mol. The predicted octanol–water partition coefficient (Wildman–Crippen LogP) is 0.378. The molecular formula is C14H26N4O2S. The highest BCUT2D eigenvalue weighted by atomic mass is 32.2. The number of nitriles is 1. The molecule has 7 heteroatoms. The van der Waals surface area contributed by atoms with Crippen LogP contribution in [0.5, 0.6) is 0 Å². The molecule has 1 aliphatic heterocycles. The molecule has 1 aliphatic carbocycles. The van der Waals surface area contributed by atoms with E-state index < -0.39 is 15.6 Å². The summed E-state index contributed by atoms with van der Waals surface area (Å²) in [6, 6.07) is 2.93. The number of nitrogens with zero attached hydrogens (tertiary/aromatic N) is 3. The Morgan fingerprint density at radius 1 is 1.29 bits per heavy atom. The lowest BCUT2D eigenvalue weighted by Gasteiger charge is -2.33. The summed E-state index contributed by atoms with van der Waals surface area (Å²) in [5.74, 6) is 0. The van der Waals surface area contributed by atoms with Crippen molar-refractivity contribution in [2.75, 3.05) is 39.0 Å². The molecule has 1 unspecified atom stereocenters. The highest BCUT2D eigenvalue weighted by Crippen LogP contribution is 2.24. The number of sulfonamides is 1. The normalized spacial score (nSPS) is 24.4. The molecule has 2 fully saturated rings. The Bertz CT molecular complexity index is 490. The van der Waals surface area contributed by atoms with Gasteiger partial charge in [-0.05, 0) is 39.2 Å². The average Bonchev–Trinajstić information content (AvgIpc) is 3.22. The Balaban J connectivity index is 1.68. The maximum absolute atomic E-state index is 11.4. The van der Waals surface area contributed by atoms with Gasteiger partial charge in [-0.15, -0.1) is 0 Å². The van der Waals surface area contributed by atoms with E-state index in [2.05, 4.69) is 16.3 Å². The van der Waals surface area contributed by atoms with Crippen LogP contribution in [-0.4, -0.2) is 68.2 Å². The Hall–Kier alpha value is -0.680. The number of rotatable bonds is 7. The lowest BCUT2D eigenvalue weighted by atomic mass is 9.97. The van der Waals surface area contributed by atoms with Crippen LogP contribution in [0.2, 0.25) is 0 Å². The van der Waals surface area contributed by atoms with Crippen molar-refractivity contribution in [3.05, 3.63) is 0 Å². The maximum Gasteiger partial charge on any atom is 0.211 e. The van der Waals surface area contributed by atoms with Crippen LogP contribution in [0.15, 0.2) is 0 Å². The molecule has 2 aliphatic rings. The van der Waals surface area contributed by atoms with Crippen molar-refractivity contribution < 1.29 is 8.42 Å². The minimum absolute atomic E-state index is 0.421. The van der Waals surface area contributed by atoms with E-state index in [1.165, 1.54) is 23.4 Å². The first-order chi connectivity index (χ1) is 9.82. The van der Waals surface area contributed by atoms with Gasteiger partial charge in [-0.25, -0.2) is 8.42 Å². The Morgan fingerprint density at radius 3 is 2.38 bits per heavy atom. The molecule has 0 bridgehead atoms. The topological polar surface area (TPSA) is 76.4 Å². The van der Waals surface area contributed by atoms with E-state index in [4.69, 9.17) is 0 Å². The lowest BCUT2D eigenvalue weighted by Crippen LogP contribution is -2.49. The van der Waals surface area contributed by atoms with Crippen molar-refractivity contribution in [1.29, 1.82) is 5.26 Å². The summed E-state index contributed by atoms with van der Waals surface area (Å²) in [5, 5.41) is 12.7. The zero-order valence-corrected chi connectivity index (χ0v) is 13.8. The van der Waals surface area contributed by atoms with Crippen molar-refractivity contribution in [2.45, 2.75) is 44.2 Å². The van der Waals surface area contributed by atoms with Crippen LogP contribution in [0.3, 0.4) is 0 Å². The number of piperazine rings is 1. The van der Waals surface area contributed by atoms with Gasteiger partial charge >= 0.3 is 0 Å².